The molecule has 0 saturated heterocycles. The number of phenols is 1. The first kappa shape index (κ1) is 38.3. The fourth-order valence-corrected chi connectivity index (χ4v) is 6.48. The van der Waals surface area contributed by atoms with E-state index >= 15 is 0 Å². The molecule has 0 unspecified atom stereocenters. The van der Waals surface area contributed by atoms with Gasteiger partial charge in [-0.25, -0.2) is 0 Å². The number of unbranched alkanes of at least 4 members (excludes halogenated alkanes) is 12. The molecule has 0 atom stereocenters. The van der Waals surface area contributed by atoms with Gasteiger partial charge in [0, 0.05) is 0 Å². The van der Waals surface area contributed by atoms with Crippen molar-refractivity contribution in [2.75, 3.05) is 33.5 Å². The number of ether oxygens (including phenoxy) is 5. The summed E-state index contributed by atoms with van der Waals surface area (Å²) in [5.74, 6) is 3.57. The Hall–Kier alpha value is -3.54. The third-order valence-corrected chi connectivity index (χ3v) is 9.38. The molecule has 4 aromatic carbocycles. The fraction of sp³-hybridized carbons (Fsp3) is 0.581. The van der Waals surface area contributed by atoms with Crippen molar-refractivity contribution >= 4 is 32.3 Å². The van der Waals surface area contributed by atoms with Crippen molar-refractivity contribution in [3.05, 3.63) is 36.4 Å². The molecule has 0 aliphatic rings. The summed E-state index contributed by atoms with van der Waals surface area (Å²) < 4.78 is 31.5. The maximum absolute atomic E-state index is 11.0. The third-order valence-electron chi connectivity index (χ3n) is 9.38. The van der Waals surface area contributed by atoms with Crippen LogP contribution in [0.5, 0.6) is 34.5 Å². The molecule has 4 rings (SSSR count). The minimum absolute atomic E-state index is 0.105. The van der Waals surface area contributed by atoms with Crippen molar-refractivity contribution in [3.8, 4) is 34.5 Å². The van der Waals surface area contributed by atoms with Gasteiger partial charge in [0.2, 0.25) is 0 Å². The van der Waals surface area contributed by atoms with E-state index in [0.29, 0.717) is 32.2 Å². The summed E-state index contributed by atoms with van der Waals surface area (Å²) >= 11 is 0. The summed E-state index contributed by atoms with van der Waals surface area (Å²) in [6.07, 6.45) is 18.1. The number of aromatic hydroxyl groups is 1. The van der Waals surface area contributed by atoms with Gasteiger partial charge in [0.05, 0.1) is 33.5 Å². The van der Waals surface area contributed by atoms with E-state index in [9.17, 15) is 5.11 Å². The topological polar surface area (TPSA) is 66.4 Å². The lowest BCUT2D eigenvalue weighted by molar-refractivity contribution is 0.259. The number of phenolic OH excluding ortho intramolecular Hbond substituents is 1. The molecule has 6 heteroatoms. The van der Waals surface area contributed by atoms with Gasteiger partial charge in [0.25, 0.3) is 0 Å². The van der Waals surface area contributed by atoms with Gasteiger partial charge in [-0.15, -0.1) is 0 Å². The van der Waals surface area contributed by atoms with Crippen LogP contribution in [-0.2, 0) is 0 Å². The Morgan fingerprint density at radius 3 is 0.898 bits per heavy atom. The molecule has 0 aliphatic carbocycles. The molecule has 0 saturated carbocycles. The molecule has 270 valence electrons. The Bertz CT molecular complexity index is 1580. The van der Waals surface area contributed by atoms with E-state index in [0.717, 1.165) is 107 Å². The lowest BCUT2D eigenvalue weighted by Gasteiger charge is -2.20. The van der Waals surface area contributed by atoms with Gasteiger partial charge in [-0.05, 0) is 94.4 Å². The van der Waals surface area contributed by atoms with Crippen molar-refractivity contribution in [2.24, 2.45) is 0 Å². The summed E-state index contributed by atoms with van der Waals surface area (Å²) in [5.41, 5.74) is 0. The van der Waals surface area contributed by atoms with E-state index in [4.69, 9.17) is 23.7 Å². The zero-order chi connectivity index (χ0) is 34.8. The molecule has 0 amide bonds. The molecule has 0 spiro atoms. The standard InChI is InChI=1S/C43H62O6/c1-6-10-14-18-22-46-40-28-34-32-26-38(44)39(45-5)27-33(32)35-29-41(47-23-19-15-11-7-2)43(49-25-21-17-13-9-4)31-37(35)36(34)30-42(40)48-24-20-16-12-8-3/h26-31,44H,6-25H2,1-5H3. The highest BCUT2D eigenvalue weighted by Crippen LogP contribution is 2.47. The smallest absolute Gasteiger partial charge is 0.161 e. The molecule has 6 nitrogen and oxygen atoms in total. The summed E-state index contributed by atoms with van der Waals surface area (Å²) in [6.45, 7) is 11.5. The average molecular weight is 675 g/mol. The second-order valence-electron chi connectivity index (χ2n) is 13.4. The van der Waals surface area contributed by atoms with Crippen LogP contribution in [0, 0.1) is 0 Å². The second-order valence-corrected chi connectivity index (χ2v) is 13.4. The van der Waals surface area contributed by atoms with Gasteiger partial charge in [0.15, 0.2) is 34.5 Å². The van der Waals surface area contributed by atoms with Crippen LogP contribution in [0.25, 0.3) is 32.3 Å². The Kier molecular flexibility index (Phi) is 16.3. The minimum Gasteiger partial charge on any atom is -0.504 e. The van der Waals surface area contributed by atoms with Crippen LogP contribution in [0.1, 0.15) is 130 Å². The van der Waals surface area contributed by atoms with E-state index in [1.165, 1.54) is 51.4 Å². The van der Waals surface area contributed by atoms with Crippen molar-refractivity contribution in [2.45, 2.75) is 130 Å². The highest BCUT2D eigenvalue weighted by molar-refractivity contribution is 6.26. The highest BCUT2D eigenvalue weighted by atomic mass is 16.5. The number of methoxy groups -OCH3 is 1. The number of fused-ring (bicyclic) bond motifs is 6. The lowest BCUT2D eigenvalue weighted by atomic mass is 9.93. The molecule has 0 fully saturated rings. The van der Waals surface area contributed by atoms with E-state index in [1.807, 2.05) is 12.1 Å². The van der Waals surface area contributed by atoms with Gasteiger partial charge in [-0.2, -0.15) is 0 Å². The van der Waals surface area contributed by atoms with Crippen molar-refractivity contribution in [1.82, 2.24) is 0 Å². The molecule has 4 aromatic rings. The molecule has 0 aliphatic heterocycles. The summed E-state index contributed by atoms with van der Waals surface area (Å²) in [7, 11) is 1.59. The molecule has 49 heavy (non-hydrogen) atoms. The summed E-state index contributed by atoms with van der Waals surface area (Å²) in [6, 6.07) is 12.3. The number of benzene rings is 4. The Balaban J connectivity index is 1.88. The van der Waals surface area contributed by atoms with Crippen LogP contribution < -0.4 is 23.7 Å². The van der Waals surface area contributed by atoms with E-state index in [-0.39, 0.29) is 5.75 Å². The average Bonchev–Trinajstić information content (AvgIpc) is 3.11. The third kappa shape index (κ3) is 10.7. The van der Waals surface area contributed by atoms with E-state index in [1.54, 1.807) is 7.11 Å². The van der Waals surface area contributed by atoms with Gasteiger partial charge in [0.1, 0.15) is 0 Å². The van der Waals surface area contributed by atoms with Crippen molar-refractivity contribution < 1.29 is 28.8 Å². The number of hydrogen-bond acceptors (Lipinski definition) is 6. The van der Waals surface area contributed by atoms with Gasteiger partial charge < -0.3 is 28.8 Å². The first-order valence-electron chi connectivity index (χ1n) is 19.3. The van der Waals surface area contributed by atoms with Crippen LogP contribution in [0.4, 0.5) is 0 Å². The van der Waals surface area contributed by atoms with Crippen LogP contribution in [-0.4, -0.2) is 38.6 Å². The zero-order valence-electron chi connectivity index (χ0n) is 31.1. The largest absolute Gasteiger partial charge is 0.504 e. The predicted molar refractivity (Wildman–Crippen MR) is 206 cm³/mol. The first-order chi connectivity index (χ1) is 24.1. The summed E-state index contributed by atoms with van der Waals surface area (Å²) in [4.78, 5) is 0. The molecule has 0 radical (unpaired) electrons. The zero-order valence-corrected chi connectivity index (χ0v) is 31.1. The highest BCUT2D eigenvalue weighted by Gasteiger charge is 2.19. The Morgan fingerprint density at radius 2 is 0.633 bits per heavy atom. The van der Waals surface area contributed by atoms with E-state index < -0.39 is 0 Å². The maximum Gasteiger partial charge on any atom is 0.161 e. The lowest BCUT2D eigenvalue weighted by Crippen LogP contribution is -2.04. The SMILES string of the molecule is CCCCCCOc1cc2c3cc(O)c(OC)cc3c3cc(OCCCCCC)c(OCCCCCC)cc3c2cc1OCCCCCC. The molecule has 0 aromatic heterocycles. The Labute approximate surface area is 295 Å². The molecular formula is C43H62O6. The Morgan fingerprint density at radius 1 is 0.367 bits per heavy atom. The van der Waals surface area contributed by atoms with Crippen LogP contribution in [0.3, 0.4) is 0 Å². The fourth-order valence-electron chi connectivity index (χ4n) is 6.48. The van der Waals surface area contributed by atoms with Crippen LogP contribution in [0.15, 0.2) is 36.4 Å². The summed E-state index contributed by atoms with van der Waals surface area (Å²) in [5, 5.41) is 17.0. The number of rotatable bonds is 25. The van der Waals surface area contributed by atoms with Crippen LogP contribution >= 0.6 is 0 Å². The molecule has 0 bridgehead atoms. The monoisotopic (exact) mass is 674 g/mol. The number of hydrogen-bond donors (Lipinski definition) is 1. The molecule has 0 heterocycles. The van der Waals surface area contributed by atoms with Crippen molar-refractivity contribution in [3.63, 3.8) is 0 Å². The van der Waals surface area contributed by atoms with Gasteiger partial charge in [-0.1, -0.05) is 105 Å². The van der Waals surface area contributed by atoms with Gasteiger partial charge >= 0.3 is 0 Å². The van der Waals surface area contributed by atoms with E-state index in [2.05, 4.69) is 52.0 Å². The van der Waals surface area contributed by atoms with Crippen molar-refractivity contribution in [1.29, 1.82) is 0 Å². The first-order valence-corrected chi connectivity index (χ1v) is 19.3. The normalized spacial score (nSPS) is 11.4. The predicted octanol–water partition coefficient (Wildman–Crippen LogP) is 12.7. The second kappa shape index (κ2) is 20.9. The molecular weight excluding hydrogens is 612 g/mol. The maximum atomic E-state index is 11.0. The van der Waals surface area contributed by atoms with Crippen LogP contribution in [0.2, 0.25) is 0 Å². The minimum atomic E-state index is 0.105. The van der Waals surface area contributed by atoms with Gasteiger partial charge in [-0.3, -0.25) is 0 Å². The quantitative estimate of drug-likeness (QED) is 0.0557. The molecule has 1 N–H and O–H groups in total.